The smallest absolute Gasteiger partial charge is 0.394 e. The zero-order valence-corrected chi connectivity index (χ0v) is 14.2. The SMILES string of the molecule is CC.CC(C)c1ccc(F)c(-c2ccc(OC(C)(F)F)cc2)c1. The zero-order chi connectivity index (χ0) is 17.6. The average molecular weight is 324 g/mol. The molecule has 0 spiro atoms. The summed E-state index contributed by atoms with van der Waals surface area (Å²) in [5.41, 5.74) is 2.10. The van der Waals surface area contributed by atoms with Crippen molar-refractivity contribution in [2.75, 3.05) is 0 Å². The predicted octanol–water partition coefficient (Wildman–Crippen LogP) is 6.63. The zero-order valence-electron chi connectivity index (χ0n) is 14.2. The minimum Gasteiger partial charge on any atom is -0.433 e. The number of alkyl halides is 2. The third-order valence-electron chi connectivity index (χ3n) is 3.12. The van der Waals surface area contributed by atoms with Crippen LogP contribution in [-0.4, -0.2) is 6.11 Å². The van der Waals surface area contributed by atoms with Crippen molar-refractivity contribution < 1.29 is 17.9 Å². The Bertz CT molecular complexity index is 614. The molecule has 0 heterocycles. The van der Waals surface area contributed by atoms with E-state index in [4.69, 9.17) is 0 Å². The Hall–Kier alpha value is -1.97. The molecule has 23 heavy (non-hydrogen) atoms. The second kappa shape index (κ2) is 8.04. The third-order valence-corrected chi connectivity index (χ3v) is 3.12. The van der Waals surface area contributed by atoms with Gasteiger partial charge in [-0.25, -0.2) is 4.39 Å². The maximum absolute atomic E-state index is 13.9. The first-order valence-electron chi connectivity index (χ1n) is 7.73. The van der Waals surface area contributed by atoms with E-state index in [-0.39, 0.29) is 17.5 Å². The minimum absolute atomic E-state index is 0.0478. The maximum Gasteiger partial charge on any atom is 0.394 e. The van der Waals surface area contributed by atoms with Gasteiger partial charge >= 0.3 is 6.11 Å². The molecule has 0 bridgehead atoms. The van der Waals surface area contributed by atoms with Gasteiger partial charge in [-0.2, -0.15) is 8.78 Å². The fraction of sp³-hybridized carbons (Fsp3) is 0.368. The number of rotatable bonds is 4. The molecule has 0 N–H and O–H groups in total. The fourth-order valence-electron chi connectivity index (χ4n) is 2.03. The van der Waals surface area contributed by atoms with Crippen molar-refractivity contribution in [1.29, 1.82) is 0 Å². The number of hydrogen-bond donors (Lipinski definition) is 0. The molecular formula is C19H23F3O. The summed E-state index contributed by atoms with van der Waals surface area (Å²) in [6, 6.07) is 10.9. The molecule has 2 aromatic rings. The van der Waals surface area contributed by atoms with Crippen molar-refractivity contribution in [2.45, 2.75) is 46.6 Å². The highest BCUT2D eigenvalue weighted by Crippen LogP contribution is 2.29. The monoisotopic (exact) mass is 324 g/mol. The van der Waals surface area contributed by atoms with Crippen LogP contribution in [0.4, 0.5) is 13.2 Å². The van der Waals surface area contributed by atoms with Crippen LogP contribution in [0, 0.1) is 5.82 Å². The first kappa shape index (κ1) is 19.1. The van der Waals surface area contributed by atoms with Crippen molar-refractivity contribution in [3.63, 3.8) is 0 Å². The van der Waals surface area contributed by atoms with Crippen molar-refractivity contribution in [3.8, 4) is 16.9 Å². The molecule has 2 rings (SSSR count). The molecule has 4 heteroatoms. The average Bonchev–Trinajstić information content (AvgIpc) is 2.49. The Labute approximate surface area is 136 Å². The molecule has 126 valence electrons. The normalized spacial score (nSPS) is 11.0. The molecular weight excluding hydrogens is 301 g/mol. The van der Waals surface area contributed by atoms with E-state index in [9.17, 15) is 13.2 Å². The highest BCUT2D eigenvalue weighted by atomic mass is 19.3. The molecule has 0 atom stereocenters. The summed E-state index contributed by atoms with van der Waals surface area (Å²) in [5, 5.41) is 0. The van der Waals surface area contributed by atoms with Gasteiger partial charge in [-0.1, -0.05) is 45.9 Å². The van der Waals surface area contributed by atoms with E-state index >= 15 is 0 Å². The molecule has 0 aliphatic carbocycles. The van der Waals surface area contributed by atoms with Gasteiger partial charge in [0.2, 0.25) is 0 Å². The minimum atomic E-state index is -3.23. The molecule has 0 unspecified atom stereocenters. The lowest BCUT2D eigenvalue weighted by Crippen LogP contribution is -2.18. The summed E-state index contributed by atoms with van der Waals surface area (Å²) in [7, 11) is 0. The van der Waals surface area contributed by atoms with Gasteiger partial charge in [-0.15, -0.1) is 0 Å². The largest absolute Gasteiger partial charge is 0.433 e. The predicted molar refractivity (Wildman–Crippen MR) is 88.5 cm³/mol. The van der Waals surface area contributed by atoms with Gasteiger partial charge < -0.3 is 4.74 Å². The van der Waals surface area contributed by atoms with Crippen LogP contribution in [0.15, 0.2) is 42.5 Å². The Kier molecular flexibility index (Phi) is 6.67. The van der Waals surface area contributed by atoms with Gasteiger partial charge in [0, 0.05) is 12.5 Å². The first-order chi connectivity index (χ1) is 10.8. The van der Waals surface area contributed by atoms with Crippen LogP contribution in [0.25, 0.3) is 11.1 Å². The second-order valence-electron chi connectivity index (χ2n) is 5.33. The highest BCUT2D eigenvalue weighted by molar-refractivity contribution is 5.65. The van der Waals surface area contributed by atoms with E-state index in [0.717, 1.165) is 5.56 Å². The highest BCUT2D eigenvalue weighted by Gasteiger charge is 2.23. The first-order valence-corrected chi connectivity index (χ1v) is 7.73. The lowest BCUT2D eigenvalue weighted by atomic mass is 9.97. The molecule has 0 aromatic heterocycles. The standard InChI is InChI=1S/C17H17F3O.C2H6/c1-11(2)13-6-9-16(18)15(10-13)12-4-7-14(8-5-12)21-17(3,19)20;1-2/h4-11H,1-3H3;1-2H3. The number of ether oxygens (including phenoxy) is 1. The summed E-state index contributed by atoms with van der Waals surface area (Å²) >= 11 is 0. The molecule has 0 aliphatic rings. The summed E-state index contributed by atoms with van der Waals surface area (Å²) in [6.45, 7) is 8.72. The number of hydrogen-bond acceptors (Lipinski definition) is 1. The van der Waals surface area contributed by atoms with Crippen LogP contribution in [-0.2, 0) is 0 Å². The Morgan fingerprint density at radius 1 is 0.957 bits per heavy atom. The van der Waals surface area contributed by atoms with Gasteiger partial charge in [0.05, 0.1) is 0 Å². The molecule has 0 amide bonds. The van der Waals surface area contributed by atoms with Crippen molar-refractivity contribution >= 4 is 0 Å². The van der Waals surface area contributed by atoms with E-state index in [1.54, 1.807) is 24.3 Å². The molecule has 0 aliphatic heterocycles. The van der Waals surface area contributed by atoms with E-state index < -0.39 is 6.11 Å². The second-order valence-corrected chi connectivity index (χ2v) is 5.33. The van der Waals surface area contributed by atoms with E-state index in [0.29, 0.717) is 18.1 Å². The van der Waals surface area contributed by atoms with Crippen LogP contribution < -0.4 is 4.74 Å². The summed E-state index contributed by atoms with van der Waals surface area (Å²) in [4.78, 5) is 0. The Balaban J connectivity index is 0.00000127. The number of benzene rings is 2. The quantitative estimate of drug-likeness (QED) is 0.613. The topological polar surface area (TPSA) is 9.23 Å². The van der Waals surface area contributed by atoms with Crippen LogP contribution >= 0.6 is 0 Å². The molecule has 1 nitrogen and oxygen atoms in total. The number of halogens is 3. The lowest BCUT2D eigenvalue weighted by molar-refractivity contribution is -0.158. The molecule has 0 saturated carbocycles. The van der Waals surface area contributed by atoms with Crippen molar-refractivity contribution in [3.05, 3.63) is 53.8 Å². The van der Waals surface area contributed by atoms with E-state index in [1.165, 1.54) is 18.2 Å². The van der Waals surface area contributed by atoms with E-state index in [2.05, 4.69) is 4.74 Å². The Morgan fingerprint density at radius 2 is 1.52 bits per heavy atom. The maximum atomic E-state index is 13.9. The Morgan fingerprint density at radius 3 is 2.00 bits per heavy atom. The summed E-state index contributed by atoms with van der Waals surface area (Å²) < 4.78 is 43.9. The molecule has 0 fully saturated rings. The molecule has 2 aromatic carbocycles. The van der Waals surface area contributed by atoms with Crippen molar-refractivity contribution in [2.24, 2.45) is 0 Å². The van der Waals surface area contributed by atoms with E-state index in [1.807, 2.05) is 27.7 Å². The van der Waals surface area contributed by atoms with Crippen LogP contribution in [0.2, 0.25) is 0 Å². The van der Waals surface area contributed by atoms with Gasteiger partial charge in [0.25, 0.3) is 0 Å². The molecule has 0 saturated heterocycles. The third kappa shape index (κ3) is 5.62. The van der Waals surface area contributed by atoms with Crippen LogP contribution in [0.5, 0.6) is 5.75 Å². The van der Waals surface area contributed by atoms with Crippen molar-refractivity contribution in [1.82, 2.24) is 0 Å². The van der Waals surface area contributed by atoms with Crippen LogP contribution in [0.3, 0.4) is 0 Å². The lowest BCUT2D eigenvalue weighted by Gasteiger charge is -2.14. The molecule has 0 radical (unpaired) electrons. The van der Waals surface area contributed by atoms with Gasteiger partial charge in [0.15, 0.2) is 0 Å². The van der Waals surface area contributed by atoms with Gasteiger partial charge in [-0.05, 0) is 41.3 Å². The summed E-state index contributed by atoms with van der Waals surface area (Å²) in [5.74, 6) is -0.00805. The fourth-order valence-corrected chi connectivity index (χ4v) is 2.03. The summed E-state index contributed by atoms with van der Waals surface area (Å²) in [6.07, 6.45) is -3.23. The van der Waals surface area contributed by atoms with Gasteiger partial charge in [-0.3, -0.25) is 0 Å². The van der Waals surface area contributed by atoms with Gasteiger partial charge in [0.1, 0.15) is 11.6 Å². The van der Waals surface area contributed by atoms with Crippen LogP contribution in [0.1, 0.15) is 46.1 Å².